The maximum atomic E-state index is 12.8. The lowest BCUT2D eigenvalue weighted by molar-refractivity contribution is -0.141. The van der Waals surface area contributed by atoms with Gasteiger partial charge in [0.05, 0.1) is 11.3 Å². The number of Topliss-reactive ketones (excluding diaryl/α,β-unsaturated/α-hetero) is 1. The fourth-order valence-corrected chi connectivity index (χ4v) is 4.69. The molecule has 10 heteroatoms. The summed E-state index contributed by atoms with van der Waals surface area (Å²) in [5, 5.41) is 0. The molecule has 0 atom stereocenters. The molecular formula is C23H25F3N2O4S. The second-order valence-electron chi connectivity index (χ2n) is 7.86. The van der Waals surface area contributed by atoms with Gasteiger partial charge in [0.2, 0.25) is 11.7 Å². The molecule has 0 radical (unpaired) electrons. The molecule has 0 saturated carbocycles. The van der Waals surface area contributed by atoms with Crippen molar-refractivity contribution in [1.29, 1.82) is 0 Å². The van der Waals surface area contributed by atoms with Crippen molar-refractivity contribution in [2.45, 2.75) is 44.3 Å². The third kappa shape index (κ3) is 6.40. The SMILES string of the molecule is Cc1cc(C(=O)COC(=O)c2ccccc2SCC(=O)N2CCCC2)c(C)n1CC(F)(F)F. The lowest BCUT2D eigenvalue weighted by atomic mass is 10.1. The standard InChI is InChI=1S/C23H25F3N2O4S/c1-15-11-18(16(2)28(15)14-23(24,25)26)19(29)12-32-22(31)17-7-3-4-8-20(17)33-13-21(30)27-9-5-6-10-27/h3-4,7-8,11H,5-6,9-10,12-14H2,1-2H3. The van der Waals surface area contributed by atoms with Gasteiger partial charge in [0.25, 0.3) is 0 Å². The van der Waals surface area contributed by atoms with E-state index in [1.807, 2.05) is 0 Å². The van der Waals surface area contributed by atoms with Crippen LogP contribution >= 0.6 is 11.8 Å². The number of aryl methyl sites for hydroxylation is 1. The Labute approximate surface area is 194 Å². The van der Waals surface area contributed by atoms with Crippen LogP contribution in [0.2, 0.25) is 0 Å². The number of amides is 1. The number of likely N-dealkylation sites (tertiary alicyclic amines) is 1. The Balaban J connectivity index is 1.62. The highest BCUT2D eigenvalue weighted by Gasteiger charge is 2.30. The minimum Gasteiger partial charge on any atom is -0.454 e. The van der Waals surface area contributed by atoms with Crippen LogP contribution in [0.25, 0.3) is 0 Å². The molecule has 2 aromatic rings. The summed E-state index contributed by atoms with van der Waals surface area (Å²) in [4.78, 5) is 39.8. The van der Waals surface area contributed by atoms with Crippen molar-refractivity contribution in [1.82, 2.24) is 9.47 Å². The molecule has 0 unspecified atom stereocenters. The van der Waals surface area contributed by atoms with Crippen molar-refractivity contribution in [3.63, 3.8) is 0 Å². The Hall–Kier alpha value is -2.75. The predicted octanol–water partition coefficient (Wildman–Crippen LogP) is 4.42. The molecule has 0 spiro atoms. The number of esters is 1. The summed E-state index contributed by atoms with van der Waals surface area (Å²) in [6.45, 7) is 2.61. The Morgan fingerprint density at radius 1 is 1.06 bits per heavy atom. The number of carbonyl (C=O) groups is 3. The van der Waals surface area contributed by atoms with E-state index in [1.165, 1.54) is 31.7 Å². The van der Waals surface area contributed by atoms with E-state index in [1.54, 1.807) is 29.2 Å². The van der Waals surface area contributed by atoms with Crippen LogP contribution < -0.4 is 0 Å². The zero-order chi connectivity index (χ0) is 24.2. The van der Waals surface area contributed by atoms with E-state index >= 15 is 0 Å². The van der Waals surface area contributed by atoms with Crippen molar-refractivity contribution < 1.29 is 32.3 Å². The number of benzene rings is 1. The average molecular weight is 483 g/mol. The molecule has 33 heavy (non-hydrogen) atoms. The first kappa shape index (κ1) is 24.9. The number of hydrogen-bond donors (Lipinski definition) is 0. The molecule has 2 heterocycles. The summed E-state index contributed by atoms with van der Waals surface area (Å²) in [5.41, 5.74) is 0.779. The van der Waals surface area contributed by atoms with Crippen LogP contribution in [0.4, 0.5) is 13.2 Å². The molecule has 1 aromatic carbocycles. The molecule has 178 valence electrons. The number of ketones is 1. The Morgan fingerprint density at radius 3 is 2.39 bits per heavy atom. The van der Waals surface area contributed by atoms with Gasteiger partial charge in [0.15, 0.2) is 6.61 Å². The fraction of sp³-hybridized carbons (Fsp3) is 0.435. The van der Waals surface area contributed by atoms with Gasteiger partial charge in [-0.3, -0.25) is 9.59 Å². The van der Waals surface area contributed by atoms with Gasteiger partial charge in [-0.25, -0.2) is 4.79 Å². The van der Waals surface area contributed by atoms with E-state index in [4.69, 9.17) is 4.74 Å². The van der Waals surface area contributed by atoms with Crippen LogP contribution in [0, 0.1) is 13.8 Å². The van der Waals surface area contributed by atoms with Gasteiger partial charge in [0, 0.05) is 34.9 Å². The molecule has 1 aromatic heterocycles. The van der Waals surface area contributed by atoms with Crippen molar-refractivity contribution >= 4 is 29.4 Å². The minimum absolute atomic E-state index is 0.00469. The summed E-state index contributed by atoms with van der Waals surface area (Å²) in [6.07, 6.45) is -2.43. The molecule has 0 N–H and O–H groups in total. The number of aromatic nitrogens is 1. The van der Waals surface area contributed by atoms with Crippen LogP contribution in [0.1, 0.15) is 44.9 Å². The summed E-state index contributed by atoms with van der Waals surface area (Å²) < 4.78 is 44.6. The normalized spacial score (nSPS) is 13.9. The second-order valence-corrected chi connectivity index (χ2v) is 8.88. The number of thioether (sulfide) groups is 1. The summed E-state index contributed by atoms with van der Waals surface area (Å²) in [5.74, 6) is -1.12. The zero-order valence-corrected chi connectivity index (χ0v) is 19.2. The number of carbonyl (C=O) groups excluding carboxylic acids is 3. The highest BCUT2D eigenvalue weighted by molar-refractivity contribution is 8.00. The molecule has 6 nitrogen and oxygen atoms in total. The average Bonchev–Trinajstić information content (AvgIpc) is 3.39. The maximum Gasteiger partial charge on any atom is 0.406 e. The van der Waals surface area contributed by atoms with Crippen LogP contribution in [0.5, 0.6) is 0 Å². The first-order valence-corrected chi connectivity index (χ1v) is 11.5. The molecule has 1 aliphatic rings. The molecule has 3 rings (SSSR count). The van der Waals surface area contributed by atoms with E-state index in [2.05, 4.69) is 0 Å². The summed E-state index contributed by atoms with van der Waals surface area (Å²) in [7, 11) is 0. The van der Waals surface area contributed by atoms with Gasteiger partial charge in [-0.1, -0.05) is 12.1 Å². The Morgan fingerprint density at radius 2 is 1.73 bits per heavy atom. The lowest BCUT2D eigenvalue weighted by Gasteiger charge is -2.15. The highest BCUT2D eigenvalue weighted by Crippen LogP contribution is 2.26. The van der Waals surface area contributed by atoms with Crippen LogP contribution in [0.3, 0.4) is 0 Å². The van der Waals surface area contributed by atoms with Crippen LogP contribution in [-0.2, 0) is 16.1 Å². The van der Waals surface area contributed by atoms with Gasteiger partial charge in [-0.2, -0.15) is 13.2 Å². The molecule has 1 aliphatic heterocycles. The predicted molar refractivity (Wildman–Crippen MR) is 118 cm³/mol. The van der Waals surface area contributed by atoms with Gasteiger partial charge in [0.1, 0.15) is 6.54 Å². The summed E-state index contributed by atoms with van der Waals surface area (Å²) in [6, 6.07) is 8.00. The second kappa shape index (κ2) is 10.5. The molecule has 0 aliphatic carbocycles. The Bertz CT molecular complexity index is 1040. The van der Waals surface area contributed by atoms with E-state index < -0.39 is 31.1 Å². The molecule has 1 amide bonds. The number of halogens is 3. The molecule has 1 saturated heterocycles. The molecule has 1 fully saturated rings. The Kier molecular flexibility index (Phi) is 7.88. The third-order valence-corrected chi connectivity index (χ3v) is 6.52. The quantitative estimate of drug-likeness (QED) is 0.317. The van der Waals surface area contributed by atoms with Crippen molar-refractivity contribution in [3.05, 3.63) is 52.8 Å². The van der Waals surface area contributed by atoms with Crippen LogP contribution in [0.15, 0.2) is 35.2 Å². The van der Waals surface area contributed by atoms with Crippen LogP contribution in [-0.4, -0.2) is 58.8 Å². The first-order chi connectivity index (χ1) is 15.6. The lowest BCUT2D eigenvalue weighted by Crippen LogP contribution is -2.29. The maximum absolute atomic E-state index is 12.8. The van der Waals surface area contributed by atoms with Gasteiger partial charge < -0.3 is 14.2 Å². The topological polar surface area (TPSA) is 68.6 Å². The van der Waals surface area contributed by atoms with Gasteiger partial charge in [-0.05, 0) is 44.9 Å². The third-order valence-electron chi connectivity index (χ3n) is 5.46. The van der Waals surface area contributed by atoms with E-state index in [-0.39, 0.29) is 28.5 Å². The van der Waals surface area contributed by atoms with E-state index in [9.17, 15) is 27.6 Å². The molecule has 0 bridgehead atoms. The van der Waals surface area contributed by atoms with Crippen molar-refractivity contribution in [2.75, 3.05) is 25.4 Å². The van der Waals surface area contributed by atoms with Gasteiger partial charge >= 0.3 is 12.1 Å². The fourth-order valence-electron chi connectivity index (χ4n) is 3.75. The monoisotopic (exact) mass is 482 g/mol. The zero-order valence-electron chi connectivity index (χ0n) is 18.4. The minimum atomic E-state index is -4.42. The number of ether oxygens (including phenoxy) is 1. The van der Waals surface area contributed by atoms with E-state index in [0.717, 1.165) is 30.5 Å². The summed E-state index contributed by atoms with van der Waals surface area (Å²) >= 11 is 1.23. The number of rotatable bonds is 8. The van der Waals surface area contributed by atoms with Gasteiger partial charge in [-0.15, -0.1) is 11.8 Å². The number of hydrogen-bond acceptors (Lipinski definition) is 5. The first-order valence-electron chi connectivity index (χ1n) is 10.5. The number of nitrogens with zero attached hydrogens (tertiary/aromatic N) is 2. The number of alkyl halides is 3. The van der Waals surface area contributed by atoms with Crippen molar-refractivity contribution in [2.24, 2.45) is 0 Å². The largest absolute Gasteiger partial charge is 0.454 e. The van der Waals surface area contributed by atoms with E-state index in [0.29, 0.717) is 10.6 Å². The smallest absolute Gasteiger partial charge is 0.406 e. The highest BCUT2D eigenvalue weighted by atomic mass is 32.2. The molecular weight excluding hydrogens is 457 g/mol. The van der Waals surface area contributed by atoms with Crippen molar-refractivity contribution in [3.8, 4) is 0 Å².